The molecule has 2 N–H and O–H groups in total. The molecular weight excluding hydrogens is 224 g/mol. The number of hydrogen-bond donors (Lipinski definition) is 2. The minimum atomic E-state index is -0.140. The molecule has 2 heterocycles. The van der Waals surface area contributed by atoms with Crippen LogP contribution in [0, 0.1) is 5.41 Å². The number of carbonyl (C=O) groups is 1. The maximum absolute atomic E-state index is 12.5. The summed E-state index contributed by atoms with van der Waals surface area (Å²) in [7, 11) is 0. The molecule has 2 saturated heterocycles. The van der Waals surface area contributed by atoms with Crippen molar-refractivity contribution in [2.45, 2.75) is 83.8 Å². The quantitative estimate of drug-likeness (QED) is 0.807. The molecule has 2 aliphatic rings. The predicted molar refractivity (Wildman–Crippen MR) is 74.4 cm³/mol. The first-order valence-corrected chi connectivity index (χ1v) is 7.52. The first-order valence-electron chi connectivity index (χ1n) is 7.52. The second kappa shape index (κ2) is 4.84. The van der Waals surface area contributed by atoms with Crippen LogP contribution in [0.3, 0.4) is 0 Å². The van der Waals surface area contributed by atoms with Crippen molar-refractivity contribution < 1.29 is 4.79 Å². The van der Waals surface area contributed by atoms with Crippen LogP contribution in [-0.4, -0.2) is 23.5 Å². The Bertz CT molecular complexity index is 326. The van der Waals surface area contributed by atoms with Crippen molar-refractivity contribution in [1.29, 1.82) is 0 Å². The molecule has 0 aromatic carbocycles. The van der Waals surface area contributed by atoms with Gasteiger partial charge in [0.05, 0.1) is 5.41 Å². The Morgan fingerprint density at radius 3 is 2.56 bits per heavy atom. The smallest absolute Gasteiger partial charge is 0.228 e. The van der Waals surface area contributed by atoms with Gasteiger partial charge in [-0.2, -0.15) is 0 Å². The third-order valence-corrected chi connectivity index (χ3v) is 4.72. The predicted octanol–water partition coefficient (Wildman–Crippen LogP) is 2.60. The van der Waals surface area contributed by atoms with Crippen molar-refractivity contribution in [1.82, 2.24) is 10.6 Å². The van der Waals surface area contributed by atoms with Crippen LogP contribution < -0.4 is 10.6 Å². The lowest BCUT2D eigenvalue weighted by Crippen LogP contribution is -2.42. The highest BCUT2D eigenvalue weighted by Crippen LogP contribution is 2.47. The minimum absolute atomic E-state index is 0.0359. The summed E-state index contributed by atoms with van der Waals surface area (Å²) >= 11 is 0. The van der Waals surface area contributed by atoms with E-state index >= 15 is 0 Å². The number of nitrogens with one attached hydrogen (secondary N) is 2. The third kappa shape index (κ3) is 2.29. The van der Waals surface area contributed by atoms with Crippen LogP contribution in [0.1, 0.15) is 66.2 Å². The monoisotopic (exact) mass is 252 g/mol. The fraction of sp³-hybridized carbons (Fsp3) is 0.933. The molecule has 0 aromatic rings. The summed E-state index contributed by atoms with van der Waals surface area (Å²) in [4.78, 5) is 12.5. The molecule has 0 bridgehead atoms. The molecule has 104 valence electrons. The summed E-state index contributed by atoms with van der Waals surface area (Å²) in [5, 5.41) is 6.91. The minimum Gasteiger partial charge on any atom is -0.351 e. The van der Waals surface area contributed by atoms with Crippen LogP contribution in [0.5, 0.6) is 0 Å². The fourth-order valence-corrected chi connectivity index (χ4v) is 3.91. The van der Waals surface area contributed by atoms with E-state index in [1.165, 1.54) is 12.8 Å². The van der Waals surface area contributed by atoms with Crippen molar-refractivity contribution in [2.75, 3.05) is 0 Å². The van der Waals surface area contributed by atoms with Crippen LogP contribution in [0.25, 0.3) is 0 Å². The Balaban J connectivity index is 2.19. The highest BCUT2D eigenvalue weighted by atomic mass is 16.2. The molecule has 0 radical (unpaired) electrons. The zero-order valence-electron chi connectivity index (χ0n) is 12.3. The molecule has 3 nitrogen and oxygen atoms in total. The largest absolute Gasteiger partial charge is 0.351 e. The summed E-state index contributed by atoms with van der Waals surface area (Å²) < 4.78 is 0. The molecule has 1 amide bonds. The van der Waals surface area contributed by atoms with Gasteiger partial charge in [-0.05, 0) is 39.5 Å². The first kappa shape index (κ1) is 13.9. The first-order chi connectivity index (χ1) is 8.43. The molecule has 0 aromatic heterocycles. The van der Waals surface area contributed by atoms with Crippen LogP contribution in [0.15, 0.2) is 0 Å². The van der Waals surface area contributed by atoms with Crippen LogP contribution in [-0.2, 0) is 4.79 Å². The highest BCUT2D eigenvalue weighted by molar-refractivity contribution is 5.87. The summed E-state index contributed by atoms with van der Waals surface area (Å²) in [6.07, 6.45) is 6.68. The summed E-state index contributed by atoms with van der Waals surface area (Å²) in [6, 6.07) is 0.899. The van der Waals surface area contributed by atoms with Crippen LogP contribution in [0.2, 0.25) is 0 Å². The number of amides is 1. The van der Waals surface area contributed by atoms with E-state index < -0.39 is 0 Å². The van der Waals surface area contributed by atoms with E-state index in [4.69, 9.17) is 0 Å². The molecule has 1 spiro atoms. The SMILES string of the molecule is CCCCC1N[C@@H](CC)C[C@@]12CC(C)(C)NC2=O. The lowest BCUT2D eigenvalue weighted by atomic mass is 9.73. The van der Waals surface area contributed by atoms with Crippen molar-refractivity contribution in [2.24, 2.45) is 5.41 Å². The van der Waals surface area contributed by atoms with E-state index in [0.717, 1.165) is 25.7 Å². The van der Waals surface area contributed by atoms with Crippen molar-refractivity contribution in [3.8, 4) is 0 Å². The van der Waals surface area contributed by atoms with Gasteiger partial charge in [0, 0.05) is 17.6 Å². The van der Waals surface area contributed by atoms with Gasteiger partial charge in [-0.25, -0.2) is 0 Å². The summed E-state index contributed by atoms with van der Waals surface area (Å²) in [5.41, 5.74) is -0.175. The highest BCUT2D eigenvalue weighted by Gasteiger charge is 2.58. The molecular formula is C15H28N2O. The fourth-order valence-electron chi connectivity index (χ4n) is 3.91. The molecule has 3 atom stereocenters. The van der Waals surface area contributed by atoms with E-state index in [2.05, 4.69) is 38.3 Å². The van der Waals surface area contributed by atoms with Gasteiger partial charge < -0.3 is 10.6 Å². The average molecular weight is 252 g/mol. The zero-order chi connectivity index (χ0) is 13.4. The lowest BCUT2D eigenvalue weighted by Gasteiger charge is -2.29. The van der Waals surface area contributed by atoms with Gasteiger partial charge in [0.25, 0.3) is 0 Å². The zero-order valence-corrected chi connectivity index (χ0v) is 12.3. The average Bonchev–Trinajstić information content (AvgIpc) is 2.75. The molecule has 2 fully saturated rings. The van der Waals surface area contributed by atoms with Crippen molar-refractivity contribution in [3.05, 3.63) is 0 Å². The summed E-state index contributed by atoms with van der Waals surface area (Å²) in [5.74, 6) is 0.289. The van der Waals surface area contributed by atoms with E-state index in [1.54, 1.807) is 0 Å². The van der Waals surface area contributed by atoms with E-state index in [-0.39, 0.29) is 16.9 Å². The summed E-state index contributed by atoms with van der Waals surface area (Å²) in [6.45, 7) is 8.73. The van der Waals surface area contributed by atoms with E-state index in [1.807, 2.05) is 0 Å². The Kier molecular flexibility index (Phi) is 3.72. The Morgan fingerprint density at radius 1 is 1.33 bits per heavy atom. The molecule has 3 heteroatoms. The van der Waals surface area contributed by atoms with Gasteiger partial charge in [0.2, 0.25) is 5.91 Å². The molecule has 1 unspecified atom stereocenters. The Hall–Kier alpha value is -0.570. The maximum atomic E-state index is 12.5. The Morgan fingerprint density at radius 2 is 2.06 bits per heavy atom. The van der Waals surface area contributed by atoms with Gasteiger partial charge in [0.15, 0.2) is 0 Å². The van der Waals surface area contributed by atoms with Crippen LogP contribution >= 0.6 is 0 Å². The number of carbonyl (C=O) groups excluding carboxylic acids is 1. The van der Waals surface area contributed by atoms with Gasteiger partial charge in [-0.15, -0.1) is 0 Å². The molecule has 0 saturated carbocycles. The Labute approximate surface area is 111 Å². The van der Waals surface area contributed by atoms with E-state index in [9.17, 15) is 4.79 Å². The van der Waals surface area contributed by atoms with E-state index in [0.29, 0.717) is 12.1 Å². The molecule has 0 aliphatic carbocycles. The van der Waals surface area contributed by atoms with Gasteiger partial charge in [0.1, 0.15) is 0 Å². The molecule has 2 rings (SSSR count). The molecule has 18 heavy (non-hydrogen) atoms. The van der Waals surface area contributed by atoms with Crippen molar-refractivity contribution >= 4 is 5.91 Å². The second-order valence-corrected chi connectivity index (χ2v) is 6.84. The van der Waals surface area contributed by atoms with Crippen LogP contribution in [0.4, 0.5) is 0 Å². The van der Waals surface area contributed by atoms with Gasteiger partial charge in [-0.1, -0.05) is 26.7 Å². The standard InChI is InChI=1S/C15H28N2O/c1-5-7-8-12-15(9-11(6-2)16-12)10-14(3,4)17-13(15)18/h11-12,16H,5-10H2,1-4H3,(H,17,18)/t11-,12?,15+/m0/s1. The number of rotatable bonds is 4. The lowest BCUT2D eigenvalue weighted by molar-refractivity contribution is -0.128. The third-order valence-electron chi connectivity index (χ3n) is 4.72. The number of unbranched alkanes of at least 4 members (excludes halogenated alkanes) is 1. The number of hydrogen-bond acceptors (Lipinski definition) is 2. The van der Waals surface area contributed by atoms with Gasteiger partial charge >= 0.3 is 0 Å². The maximum Gasteiger partial charge on any atom is 0.228 e. The van der Waals surface area contributed by atoms with Crippen molar-refractivity contribution in [3.63, 3.8) is 0 Å². The molecule has 2 aliphatic heterocycles. The second-order valence-electron chi connectivity index (χ2n) is 6.84. The topological polar surface area (TPSA) is 41.1 Å². The normalized spacial score (nSPS) is 38.3. The van der Waals surface area contributed by atoms with Gasteiger partial charge in [-0.3, -0.25) is 4.79 Å².